The number of hydrogen-bond acceptors (Lipinski definition) is 0. The molecule has 3 aromatic heterocycles. The minimum absolute atomic E-state index is 0.0816. The number of benzene rings is 9. The van der Waals surface area contributed by atoms with Crippen molar-refractivity contribution in [2.75, 3.05) is 0 Å². The van der Waals surface area contributed by atoms with E-state index in [1.165, 1.54) is 36.4 Å². The maximum Gasteiger partial charge on any atom is 0.416 e. The van der Waals surface area contributed by atoms with Gasteiger partial charge in [0.2, 0.25) is 0 Å². The molecule has 0 amide bonds. The molecular weight excluding hydrogens is 841 g/mol. The standard InChI is InChI=1S/C57H35F6N3/c1-34-12-20-43(21-13-34)66-50-22-14-35(37-16-24-52-46(30-37)48-32-39(56(58,59)60)18-26-54(48)64(52)41-8-4-2-5-9-41)28-44(50)45-29-36(15-23-51(45)66)38-17-25-53-47(31-38)49-33-40(57(61,62)63)19-27-55(49)65(53)42-10-6-3-7-11-42/h2-33H,1H3/i2D,3D,4D,5D,6D,7D,8D,9D,10D,11D,16D,17D,18D,19D,24D,25D,26D,27D,30D,31D,32D,33D. The average Bonchev–Trinajstić information content (AvgIpc) is 1.58. The number of rotatable bonds is 5. The van der Waals surface area contributed by atoms with Gasteiger partial charge in [0.15, 0.2) is 0 Å². The van der Waals surface area contributed by atoms with Gasteiger partial charge in [-0.1, -0.05) is 78.2 Å². The van der Waals surface area contributed by atoms with E-state index in [1.807, 2.05) is 6.92 Å². The molecule has 0 fully saturated rings. The molecule has 9 heteroatoms. The summed E-state index contributed by atoms with van der Waals surface area (Å²) in [5.41, 5.74) is -7.49. The van der Waals surface area contributed by atoms with Gasteiger partial charge in [-0.05, 0) is 150 Å². The molecular formula is C57H35F6N3. The van der Waals surface area contributed by atoms with Crippen LogP contribution in [0, 0.1) is 6.92 Å². The van der Waals surface area contributed by atoms with Gasteiger partial charge in [0.25, 0.3) is 0 Å². The maximum absolute atomic E-state index is 14.9. The Labute approximate surface area is 404 Å². The van der Waals surface area contributed by atoms with Crippen LogP contribution in [0.15, 0.2) is 194 Å². The zero-order chi connectivity index (χ0) is 64.2. The van der Waals surface area contributed by atoms with Crippen LogP contribution in [0.4, 0.5) is 26.3 Å². The molecule has 0 unspecified atom stereocenters. The molecule has 12 aromatic rings. The minimum Gasteiger partial charge on any atom is -0.309 e. The SMILES string of the molecule is [2H]c1c([2H])c([2H])c(-n2c3c([2H])c([2H])c(-c4ccc5c(c4)c4cc(-c6c([2H])c([2H])c7c(c6[2H])c6c([2H])c(C(F)(F)F)c([2H])c([2H])c6n7-c6c([2H])c([2H])c([2H])c([2H])c6[2H])ccc4n5-c4ccc(C)cc4)c([2H])c3c3c([2H])c(C(F)(F)F)c([2H])c([2H])c32)c([2H])c1[2H]. The molecule has 320 valence electrons. The molecule has 3 heterocycles. The number of halogens is 6. The van der Waals surface area contributed by atoms with E-state index in [0.29, 0.717) is 25.9 Å². The quantitative estimate of drug-likeness (QED) is 0.153. The van der Waals surface area contributed by atoms with Gasteiger partial charge in [0.05, 0.1) is 74.4 Å². The predicted molar refractivity (Wildman–Crippen MR) is 255 cm³/mol. The highest BCUT2D eigenvalue weighted by Crippen LogP contribution is 2.43. The summed E-state index contributed by atoms with van der Waals surface area (Å²) in [4.78, 5) is 0. The second-order valence-corrected chi connectivity index (χ2v) is 15.1. The summed E-state index contributed by atoms with van der Waals surface area (Å²) < 4.78 is 288. The highest BCUT2D eigenvalue weighted by molar-refractivity contribution is 6.15. The lowest BCUT2D eigenvalue weighted by atomic mass is 9.98. The third-order valence-corrected chi connectivity index (χ3v) is 11.2. The molecule has 3 nitrogen and oxygen atoms in total. The van der Waals surface area contributed by atoms with Crippen LogP contribution in [0.25, 0.3) is 105 Å². The second kappa shape index (κ2) is 14.5. The molecule has 0 bridgehead atoms. The maximum atomic E-state index is 14.9. The minimum atomic E-state index is -5.47. The highest BCUT2D eigenvalue weighted by Gasteiger charge is 2.32. The fraction of sp³-hybridized carbons (Fsp3) is 0.0526. The van der Waals surface area contributed by atoms with E-state index < -0.39 is 223 Å². The Bertz CT molecular complexity index is 4870. The number of hydrogen-bond donors (Lipinski definition) is 0. The molecule has 0 aliphatic heterocycles. The van der Waals surface area contributed by atoms with Crippen LogP contribution in [0.2, 0.25) is 0 Å². The summed E-state index contributed by atoms with van der Waals surface area (Å²) in [5.74, 6) is 0. The van der Waals surface area contributed by atoms with Crippen LogP contribution in [0.1, 0.15) is 46.8 Å². The van der Waals surface area contributed by atoms with Gasteiger partial charge in [-0.25, -0.2) is 0 Å². The van der Waals surface area contributed by atoms with Crippen LogP contribution in [-0.4, -0.2) is 13.7 Å². The fourth-order valence-electron chi connectivity index (χ4n) is 8.25. The predicted octanol–water partition coefficient (Wildman–Crippen LogP) is 16.7. The lowest BCUT2D eigenvalue weighted by Gasteiger charge is -2.10. The van der Waals surface area contributed by atoms with Crippen LogP contribution in [-0.2, 0) is 12.4 Å². The third kappa shape index (κ3) is 6.29. The van der Waals surface area contributed by atoms with Crippen molar-refractivity contribution >= 4 is 65.4 Å². The topological polar surface area (TPSA) is 14.8 Å². The van der Waals surface area contributed by atoms with Gasteiger partial charge in [0.1, 0.15) is 0 Å². The number of alkyl halides is 6. The van der Waals surface area contributed by atoms with E-state index >= 15 is 0 Å². The summed E-state index contributed by atoms with van der Waals surface area (Å²) in [7, 11) is 0. The van der Waals surface area contributed by atoms with Crippen molar-refractivity contribution in [3.05, 3.63) is 210 Å². The van der Waals surface area contributed by atoms with E-state index in [2.05, 4.69) is 0 Å². The summed E-state index contributed by atoms with van der Waals surface area (Å²) in [5, 5.41) is -2.68. The van der Waals surface area contributed by atoms with Gasteiger partial charge in [-0.3, -0.25) is 0 Å². The first kappa shape index (κ1) is 22.7. The van der Waals surface area contributed by atoms with Crippen LogP contribution >= 0.6 is 0 Å². The van der Waals surface area contributed by atoms with Gasteiger partial charge in [-0.15, -0.1) is 0 Å². The number of para-hydroxylation sites is 2. The van der Waals surface area contributed by atoms with Crippen molar-refractivity contribution in [1.82, 2.24) is 13.7 Å². The molecule has 0 aliphatic carbocycles. The first-order chi connectivity index (χ1) is 41.1. The second-order valence-electron chi connectivity index (χ2n) is 15.1. The average molecular weight is 898 g/mol. The summed E-state index contributed by atoms with van der Waals surface area (Å²) in [6, 6.07) is -7.34. The number of nitrogens with zero attached hydrogens (tertiary/aromatic N) is 3. The van der Waals surface area contributed by atoms with Crippen LogP contribution in [0.3, 0.4) is 0 Å². The Morgan fingerprint density at radius 1 is 0.348 bits per heavy atom. The van der Waals surface area contributed by atoms with Crippen molar-refractivity contribution < 1.29 is 56.5 Å². The molecule has 12 rings (SSSR count). The number of aryl methyl sites for hydroxylation is 1. The third-order valence-electron chi connectivity index (χ3n) is 11.2. The van der Waals surface area contributed by atoms with Gasteiger partial charge in [-0.2, -0.15) is 26.3 Å². The lowest BCUT2D eigenvalue weighted by Crippen LogP contribution is -2.04. The largest absolute Gasteiger partial charge is 0.416 e. The number of aromatic nitrogens is 3. The van der Waals surface area contributed by atoms with E-state index in [-0.39, 0.29) is 21.9 Å². The Hall–Kier alpha value is -8.04. The summed E-state index contributed by atoms with van der Waals surface area (Å²) in [6.45, 7) is 1.83. The van der Waals surface area contributed by atoms with Crippen molar-refractivity contribution in [1.29, 1.82) is 0 Å². The monoisotopic (exact) mass is 897 g/mol. The normalized spacial score (nSPS) is 17.1. The zero-order valence-corrected chi connectivity index (χ0v) is 33.4. The van der Waals surface area contributed by atoms with E-state index in [4.69, 9.17) is 21.9 Å². The lowest BCUT2D eigenvalue weighted by molar-refractivity contribution is -0.138. The first-order valence-corrected chi connectivity index (χ1v) is 19.7. The molecule has 0 saturated heterocycles. The highest BCUT2D eigenvalue weighted by atomic mass is 19.4. The molecule has 0 N–H and O–H groups in total. The van der Waals surface area contributed by atoms with Crippen LogP contribution in [0.5, 0.6) is 0 Å². The smallest absolute Gasteiger partial charge is 0.309 e. The molecule has 0 aliphatic rings. The molecule has 0 atom stereocenters. The van der Waals surface area contributed by atoms with Gasteiger partial charge < -0.3 is 13.7 Å². The van der Waals surface area contributed by atoms with E-state index in [0.717, 1.165) is 5.56 Å². The molecule has 66 heavy (non-hydrogen) atoms. The molecule has 0 spiro atoms. The summed E-state index contributed by atoms with van der Waals surface area (Å²) in [6.07, 6.45) is -10.9. The van der Waals surface area contributed by atoms with Crippen molar-refractivity contribution in [3.8, 4) is 39.3 Å². The van der Waals surface area contributed by atoms with Crippen molar-refractivity contribution in [3.63, 3.8) is 0 Å². The van der Waals surface area contributed by atoms with E-state index in [9.17, 15) is 34.6 Å². The Morgan fingerprint density at radius 2 is 0.727 bits per heavy atom. The van der Waals surface area contributed by atoms with Crippen LogP contribution < -0.4 is 0 Å². The summed E-state index contributed by atoms with van der Waals surface area (Å²) >= 11 is 0. The van der Waals surface area contributed by atoms with E-state index in [1.54, 1.807) is 28.8 Å². The zero-order valence-electron chi connectivity index (χ0n) is 55.4. The van der Waals surface area contributed by atoms with Crippen molar-refractivity contribution in [2.45, 2.75) is 19.3 Å². The molecule has 9 aromatic carbocycles. The Morgan fingerprint density at radius 3 is 1.14 bits per heavy atom. The molecule has 0 radical (unpaired) electrons. The Balaban J connectivity index is 1.20. The van der Waals surface area contributed by atoms with Crippen molar-refractivity contribution in [2.24, 2.45) is 0 Å². The van der Waals surface area contributed by atoms with Gasteiger partial charge in [0, 0.05) is 49.4 Å². The van der Waals surface area contributed by atoms with Gasteiger partial charge >= 0.3 is 12.4 Å². The first-order valence-electron chi connectivity index (χ1n) is 30.7. The molecule has 0 saturated carbocycles. The fourth-order valence-corrected chi connectivity index (χ4v) is 8.25. The number of fused-ring (bicyclic) bond motifs is 9. The Kier molecular flexibility index (Phi) is 4.99.